The molecule has 0 spiro atoms. The molecule has 0 aliphatic heterocycles. The van der Waals surface area contributed by atoms with E-state index in [0.29, 0.717) is 5.76 Å². The smallest absolute Gasteiger partial charge is 0.421 e. The summed E-state index contributed by atoms with van der Waals surface area (Å²) in [6.45, 7) is 3.86. The van der Waals surface area contributed by atoms with Gasteiger partial charge in [0.1, 0.15) is 17.1 Å². The Morgan fingerprint density at radius 2 is 2.00 bits per heavy atom. The monoisotopic (exact) mass is 337 g/mol. The first-order valence-electron chi connectivity index (χ1n) is 7.42. The first-order chi connectivity index (χ1) is 11.4. The SMILES string of the molecule is CC/C=C(/OC)c1cc(Oc2ncccc2C(F)(F)F)ccc1C. The minimum atomic E-state index is -4.53. The van der Waals surface area contributed by atoms with Crippen LogP contribution in [0, 0.1) is 6.92 Å². The summed E-state index contributed by atoms with van der Waals surface area (Å²) in [5.74, 6) is 0.439. The van der Waals surface area contributed by atoms with Crippen LogP contribution in [0.2, 0.25) is 0 Å². The molecule has 0 unspecified atom stereocenters. The van der Waals surface area contributed by atoms with Crippen molar-refractivity contribution in [2.75, 3.05) is 7.11 Å². The van der Waals surface area contributed by atoms with Crippen LogP contribution in [0.25, 0.3) is 5.76 Å². The van der Waals surface area contributed by atoms with Gasteiger partial charge in [-0.25, -0.2) is 4.98 Å². The third-order valence-corrected chi connectivity index (χ3v) is 3.38. The van der Waals surface area contributed by atoms with E-state index >= 15 is 0 Å². The molecule has 24 heavy (non-hydrogen) atoms. The van der Waals surface area contributed by atoms with E-state index in [1.807, 2.05) is 19.9 Å². The maximum Gasteiger partial charge on any atom is 0.421 e. The number of ether oxygens (including phenoxy) is 2. The average Bonchev–Trinajstić information content (AvgIpc) is 2.54. The van der Waals surface area contributed by atoms with Gasteiger partial charge in [0.05, 0.1) is 7.11 Å². The highest BCUT2D eigenvalue weighted by molar-refractivity contribution is 5.64. The second-order valence-corrected chi connectivity index (χ2v) is 5.11. The van der Waals surface area contributed by atoms with E-state index < -0.39 is 17.6 Å². The number of hydrogen-bond acceptors (Lipinski definition) is 3. The van der Waals surface area contributed by atoms with Crippen LogP contribution in [0.4, 0.5) is 13.2 Å². The Morgan fingerprint density at radius 1 is 1.25 bits per heavy atom. The third kappa shape index (κ3) is 4.07. The molecule has 1 heterocycles. The lowest BCUT2D eigenvalue weighted by atomic mass is 10.1. The molecular formula is C18H18F3NO2. The predicted octanol–water partition coefficient (Wildman–Crippen LogP) is 5.60. The normalized spacial score (nSPS) is 12.2. The number of aryl methyl sites for hydroxylation is 1. The molecule has 0 atom stereocenters. The van der Waals surface area contributed by atoms with Gasteiger partial charge in [0, 0.05) is 11.8 Å². The molecule has 0 N–H and O–H groups in total. The number of rotatable bonds is 5. The van der Waals surface area contributed by atoms with Crippen LogP contribution in [0.3, 0.4) is 0 Å². The van der Waals surface area contributed by atoms with Gasteiger partial charge in [0.15, 0.2) is 0 Å². The number of pyridine rings is 1. The largest absolute Gasteiger partial charge is 0.496 e. The molecular weight excluding hydrogens is 319 g/mol. The second kappa shape index (κ2) is 7.38. The van der Waals surface area contributed by atoms with Crippen LogP contribution in [0.15, 0.2) is 42.6 Å². The van der Waals surface area contributed by atoms with Crippen LogP contribution in [0.1, 0.15) is 30.0 Å². The van der Waals surface area contributed by atoms with Crippen molar-refractivity contribution in [3.05, 3.63) is 59.3 Å². The van der Waals surface area contributed by atoms with Crippen LogP contribution >= 0.6 is 0 Å². The first kappa shape index (κ1) is 17.8. The molecule has 3 nitrogen and oxygen atoms in total. The molecule has 2 aromatic rings. The van der Waals surface area contributed by atoms with Crippen molar-refractivity contribution < 1.29 is 22.6 Å². The number of allylic oxidation sites excluding steroid dienone is 1. The van der Waals surface area contributed by atoms with Gasteiger partial charge in [-0.05, 0) is 49.2 Å². The van der Waals surface area contributed by atoms with Crippen molar-refractivity contribution in [2.45, 2.75) is 26.4 Å². The van der Waals surface area contributed by atoms with Crippen LogP contribution in [-0.4, -0.2) is 12.1 Å². The van der Waals surface area contributed by atoms with Gasteiger partial charge in [-0.1, -0.05) is 13.0 Å². The topological polar surface area (TPSA) is 31.4 Å². The molecule has 0 fully saturated rings. The summed E-state index contributed by atoms with van der Waals surface area (Å²) in [7, 11) is 1.55. The van der Waals surface area contributed by atoms with Gasteiger partial charge < -0.3 is 9.47 Å². The molecule has 1 aromatic carbocycles. The van der Waals surface area contributed by atoms with Crippen molar-refractivity contribution in [1.82, 2.24) is 4.98 Å². The Balaban J connectivity index is 2.41. The molecule has 1 aromatic heterocycles. The highest BCUT2D eigenvalue weighted by Crippen LogP contribution is 2.37. The van der Waals surface area contributed by atoms with E-state index in [-0.39, 0.29) is 5.75 Å². The molecule has 0 aliphatic rings. The molecule has 0 saturated heterocycles. The lowest BCUT2D eigenvalue weighted by molar-refractivity contribution is -0.138. The van der Waals surface area contributed by atoms with E-state index in [2.05, 4.69) is 4.98 Å². The Kier molecular flexibility index (Phi) is 5.49. The summed E-state index contributed by atoms with van der Waals surface area (Å²) in [5.41, 5.74) is 0.783. The van der Waals surface area contributed by atoms with Crippen molar-refractivity contribution >= 4 is 5.76 Å². The molecule has 0 bridgehead atoms. The number of halogens is 3. The molecule has 2 rings (SSSR count). The minimum Gasteiger partial charge on any atom is -0.496 e. The summed E-state index contributed by atoms with van der Waals surface area (Å²) in [6.07, 6.45) is -0.603. The minimum absolute atomic E-state index is 0.263. The maximum atomic E-state index is 13.0. The van der Waals surface area contributed by atoms with E-state index in [9.17, 15) is 13.2 Å². The first-order valence-corrected chi connectivity index (χ1v) is 7.42. The molecule has 0 radical (unpaired) electrons. The number of benzene rings is 1. The van der Waals surface area contributed by atoms with E-state index in [1.165, 1.54) is 12.3 Å². The molecule has 0 aliphatic carbocycles. The Morgan fingerprint density at radius 3 is 2.62 bits per heavy atom. The van der Waals surface area contributed by atoms with E-state index in [1.54, 1.807) is 25.3 Å². The Labute approximate surface area is 138 Å². The number of nitrogens with zero attached hydrogens (tertiary/aromatic N) is 1. The summed E-state index contributed by atoms with van der Waals surface area (Å²) < 4.78 is 49.8. The zero-order valence-corrected chi connectivity index (χ0v) is 13.6. The van der Waals surface area contributed by atoms with Gasteiger partial charge in [-0.2, -0.15) is 13.2 Å². The zero-order chi connectivity index (χ0) is 17.7. The predicted molar refractivity (Wildman–Crippen MR) is 85.8 cm³/mol. The second-order valence-electron chi connectivity index (χ2n) is 5.11. The lowest BCUT2D eigenvalue weighted by Gasteiger charge is -2.14. The fourth-order valence-corrected chi connectivity index (χ4v) is 2.22. The Hall–Kier alpha value is -2.50. The van der Waals surface area contributed by atoms with Crippen LogP contribution in [0.5, 0.6) is 11.6 Å². The molecule has 0 amide bonds. The van der Waals surface area contributed by atoms with Crippen molar-refractivity contribution in [2.24, 2.45) is 0 Å². The van der Waals surface area contributed by atoms with Gasteiger partial charge in [-0.15, -0.1) is 0 Å². The maximum absolute atomic E-state index is 13.0. The highest BCUT2D eigenvalue weighted by atomic mass is 19.4. The molecule has 128 valence electrons. The number of hydrogen-bond donors (Lipinski definition) is 0. The summed E-state index contributed by atoms with van der Waals surface area (Å²) in [5, 5.41) is 0. The molecule has 6 heteroatoms. The number of methoxy groups -OCH3 is 1. The van der Waals surface area contributed by atoms with Crippen LogP contribution in [-0.2, 0) is 10.9 Å². The number of alkyl halides is 3. The van der Waals surface area contributed by atoms with Gasteiger partial charge in [0.2, 0.25) is 5.88 Å². The Bertz CT molecular complexity index is 739. The summed E-state index contributed by atoms with van der Waals surface area (Å²) in [4.78, 5) is 3.71. The van der Waals surface area contributed by atoms with E-state index in [4.69, 9.17) is 9.47 Å². The van der Waals surface area contributed by atoms with Gasteiger partial charge in [-0.3, -0.25) is 0 Å². The quantitative estimate of drug-likeness (QED) is 0.666. The van der Waals surface area contributed by atoms with Crippen LogP contribution < -0.4 is 4.74 Å². The standard InChI is InChI=1S/C18H18F3NO2/c1-4-6-16(23-3)14-11-13(9-8-12(14)2)24-17-15(18(19,20)21)7-5-10-22-17/h5-11H,4H2,1-3H3/b16-6+. The summed E-state index contributed by atoms with van der Waals surface area (Å²) in [6, 6.07) is 7.18. The van der Waals surface area contributed by atoms with Gasteiger partial charge in [0.25, 0.3) is 0 Å². The fraction of sp³-hybridized carbons (Fsp3) is 0.278. The lowest BCUT2D eigenvalue weighted by Crippen LogP contribution is -2.08. The molecule has 0 saturated carbocycles. The van der Waals surface area contributed by atoms with Crippen molar-refractivity contribution in [1.29, 1.82) is 0 Å². The van der Waals surface area contributed by atoms with Gasteiger partial charge >= 0.3 is 6.18 Å². The highest BCUT2D eigenvalue weighted by Gasteiger charge is 2.35. The average molecular weight is 337 g/mol. The fourth-order valence-electron chi connectivity index (χ4n) is 2.22. The summed E-state index contributed by atoms with van der Waals surface area (Å²) >= 11 is 0. The zero-order valence-electron chi connectivity index (χ0n) is 13.6. The van der Waals surface area contributed by atoms with Crippen molar-refractivity contribution in [3.63, 3.8) is 0 Å². The third-order valence-electron chi connectivity index (χ3n) is 3.38. The van der Waals surface area contributed by atoms with E-state index in [0.717, 1.165) is 23.6 Å². The number of aromatic nitrogens is 1. The van der Waals surface area contributed by atoms with Crippen molar-refractivity contribution in [3.8, 4) is 11.6 Å².